The van der Waals surface area contributed by atoms with E-state index in [2.05, 4.69) is 9.98 Å². The first-order chi connectivity index (χ1) is 9.57. The van der Waals surface area contributed by atoms with Crippen molar-refractivity contribution in [2.45, 2.75) is 31.7 Å². The van der Waals surface area contributed by atoms with Crippen LogP contribution in [0.2, 0.25) is 0 Å². The first-order valence-electron chi connectivity index (χ1n) is 6.78. The van der Waals surface area contributed by atoms with E-state index in [0.717, 1.165) is 6.42 Å². The topological polar surface area (TPSA) is 59.4 Å². The average molecular weight is 268 g/mol. The van der Waals surface area contributed by atoms with Gasteiger partial charge in [-0.1, -0.05) is 19.1 Å². The van der Waals surface area contributed by atoms with E-state index < -0.39 is 5.54 Å². The van der Waals surface area contributed by atoms with Crippen LogP contribution in [0, 0.1) is 5.41 Å². The SMILES string of the molecule is CC12C=CC=NC1(C(=O)CCC(=O)c1ccccn1)C2. The van der Waals surface area contributed by atoms with E-state index in [1.165, 1.54) is 0 Å². The minimum Gasteiger partial charge on any atom is -0.297 e. The van der Waals surface area contributed by atoms with E-state index in [1.54, 1.807) is 30.6 Å². The Morgan fingerprint density at radius 2 is 2.15 bits per heavy atom. The Morgan fingerprint density at radius 1 is 1.30 bits per heavy atom. The summed E-state index contributed by atoms with van der Waals surface area (Å²) in [4.78, 5) is 32.7. The third-order valence-electron chi connectivity index (χ3n) is 4.28. The molecule has 2 unspecified atom stereocenters. The van der Waals surface area contributed by atoms with Crippen molar-refractivity contribution in [1.82, 2.24) is 4.98 Å². The highest BCUT2D eigenvalue weighted by molar-refractivity contribution is 6.01. The normalized spacial score (nSPS) is 29.9. The van der Waals surface area contributed by atoms with Gasteiger partial charge in [-0.25, -0.2) is 0 Å². The fraction of sp³-hybridized carbons (Fsp3) is 0.375. The number of allylic oxidation sites excluding steroid dienone is 1. The number of carbonyl (C=O) groups excluding carboxylic acids is 2. The molecular formula is C16H16N2O2. The number of fused-ring (bicyclic) bond motifs is 1. The molecule has 1 fully saturated rings. The van der Waals surface area contributed by atoms with Gasteiger partial charge in [-0.2, -0.15) is 0 Å². The number of hydrogen-bond acceptors (Lipinski definition) is 4. The molecule has 3 rings (SSSR count). The first kappa shape index (κ1) is 12.9. The van der Waals surface area contributed by atoms with Crippen LogP contribution in [0.25, 0.3) is 0 Å². The van der Waals surface area contributed by atoms with Crippen LogP contribution in [0.1, 0.15) is 36.7 Å². The summed E-state index contributed by atoms with van der Waals surface area (Å²) in [6.07, 6.45) is 8.39. The third kappa shape index (κ3) is 1.92. The number of aliphatic imine (C=N–C) groups is 1. The van der Waals surface area contributed by atoms with Crippen LogP contribution in [-0.4, -0.2) is 28.3 Å². The Balaban J connectivity index is 1.63. The molecule has 1 saturated carbocycles. The van der Waals surface area contributed by atoms with Crippen LogP contribution in [0.15, 0.2) is 41.5 Å². The van der Waals surface area contributed by atoms with E-state index >= 15 is 0 Å². The van der Waals surface area contributed by atoms with Gasteiger partial charge in [0.05, 0.1) is 0 Å². The number of carbonyl (C=O) groups is 2. The number of Topliss-reactive ketones (excluding diaryl/α,β-unsaturated/α-hetero) is 2. The van der Waals surface area contributed by atoms with Gasteiger partial charge in [-0.15, -0.1) is 0 Å². The van der Waals surface area contributed by atoms with Crippen LogP contribution in [0.4, 0.5) is 0 Å². The molecular weight excluding hydrogens is 252 g/mol. The highest BCUT2D eigenvalue weighted by Crippen LogP contribution is 2.61. The molecule has 4 heteroatoms. The molecule has 2 aliphatic rings. The Morgan fingerprint density at radius 3 is 2.85 bits per heavy atom. The molecule has 0 spiro atoms. The summed E-state index contributed by atoms with van der Waals surface area (Å²) in [5.41, 5.74) is -0.331. The first-order valence-corrected chi connectivity index (χ1v) is 6.78. The highest BCUT2D eigenvalue weighted by Gasteiger charge is 2.67. The Bertz CT molecular complexity index is 621. The van der Waals surface area contributed by atoms with E-state index in [1.807, 2.05) is 19.1 Å². The molecule has 0 amide bonds. The lowest BCUT2D eigenvalue weighted by Gasteiger charge is -2.17. The fourth-order valence-corrected chi connectivity index (χ4v) is 2.88. The zero-order chi connectivity index (χ0) is 14.2. The van der Waals surface area contributed by atoms with Gasteiger partial charge in [-0.3, -0.25) is 19.6 Å². The smallest absolute Gasteiger partial charge is 0.181 e. The minimum absolute atomic E-state index is 0.0601. The Labute approximate surface area is 117 Å². The molecule has 2 heterocycles. The maximum absolute atomic E-state index is 12.4. The molecule has 102 valence electrons. The van der Waals surface area contributed by atoms with Gasteiger partial charge in [0.25, 0.3) is 0 Å². The fourth-order valence-electron chi connectivity index (χ4n) is 2.88. The van der Waals surface area contributed by atoms with Crippen LogP contribution >= 0.6 is 0 Å². The maximum Gasteiger partial charge on any atom is 0.181 e. The average Bonchev–Trinajstić information content (AvgIpc) is 3.13. The Hall–Kier alpha value is -2.10. The van der Waals surface area contributed by atoms with Crippen molar-refractivity contribution < 1.29 is 9.59 Å². The monoisotopic (exact) mass is 268 g/mol. The lowest BCUT2D eigenvalue weighted by molar-refractivity contribution is -0.121. The van der Waals surface area contributed by atoms with Crippen molar-refractivity contribution in [3.05, 3.63) is 42.2 Å². The van der Waals surface area contributed by atoms with Crippen LogP contribution < -0.4 is 0 Å². The highest BCUT2D eigenvalue weighted by atomic mass is 16.1. The van der Waals surface area contributed by atoms with Gasteiger partial charge in [0.2, 0.25) is 0 Å². The number of rotatable bonds is 5. The molecule has 0 radical (unpaired) electrons. The molecule has 0 bridgehead atoms. The number of hydrogen-bond donors (Lipinski definition) is 0. The number of ketones is 2. The molecule has 2 atom stereocenters. The number of pyridine rings is 1. The third-order valence-corrected chi connectivity index (χ3v) is 4.28. The summed E-state index contributed by atoms with van der Waals surface area (Å²) in [5.74, 6) is -0.0297. The minimum atomic E-state index is -0.605. The molecule has 1 aromatic heterocycles. The summed E-state index contributed by atoms with van der Waals surface area (Å²) in [5, 5.41) is 0. The van der Waals surface area contributed by atoms with E-state index in [9.17, 15) is 9.59 Å². The molecule has 20 heavy (non-hydrogen) atoms. The molecule has 1 aliphatic heterocycles. The molecule has 1 aromatic rings. The van der Waals surface area contributed by atoms with Crippen molar-refractivity contribution in [2.75, 3.05) is 0 Å². The number of nitrogens with zero attached hydrogens (tertiary/aromatic N) is 2. The largest absolute Gasteiger partial charge is 0.297 e. The second-order valence-corrected chi connectivity index (χ2v) is 5.65. The van der Waals surface area contributed by atoms with Gasteiger partial charge in [0.1, 0.15) is 11.2 Å². The van der Waals surface area contributed by atoms with Crippen molar-refractivity contribution in [3.8, 4) is 0 Å². The summed E-state index contributed by atoms with van der Waals surface area (Å²) >= 11 is 0. The van der Waals surface area contributed by atoms with Gasteiger partial charge in [0.15, 0.2) is 11.6 Å². The molecule has 0 saturated heterocycles. The summed E-state index contributed by atoms with van der Waals surface area (Å²) in [7, 11) is 0. The zero-order valence-corrected chi connectivity index (χ0v) is 11.4. The van der Waals surface area contributed by atoms with Crippen molar-refractivity contribution >= 4 is 17.8 Å². The summed E-state index contributed by atoms with van der Waals surface area (Å²) < 4.78 is 0. The number of aromatic nitrogens is 1. The van der Waals surface area contributed by atoms with E-state index in [-0.39, 0.29) is 29.8 Å². The predicted octanol–water partition coefficient (Wildman–Crippen LogP) is 2.40. The van der Waals surface area contributed by atoms with Gasteiger partial charge < -0.3 is 0 Å². The van der Waals surface area contributed by atoms with Crippen LogP contribution in [0.5, 0.6) is 0 Å². The van der Waals surface area contributed by atoms with Crippen LogP contribution in [-0.2, 0) is 4.79 Å². The van der Waals surface area contributed by atoms with Crippen molar-refractivity contribution in [2.24, 2.45) is 10.4 Å². The summed E-state index contributed by atoms with van der Waals surface area (Å²) in [6.45, 7) is 2.04. The second kappa shape index (κ2) is 4.47. The van der Waals surface area contributed by atoms with Crippen molar-refractivity contribution in [3.63, 3.8) is 0 Å². The lowest BCUT2D eigenvalue weighted by Crippen LogP contribution is -2.28. The maximum atomic E-state index is 12.4. The molecule has 0 N–H and O–H groups in total. The quantitative estimate of drug-likeness (QED) is 0.770. The predicted molar refractivity (Wildman–Crippen MR) is 75.9 cm³/mol. The molecule has 0 aromatic carbocycles. The Kier molecular flexibility index (Phi) is 2.89. The second-order valence-electron chi connectivity index (χ2n) is 5.65. The van der Waals surface area contributed by atoms with Crippen molar-refractivity contribution in [1.29, 1.82) is 0 Å². The van der Waals surface area contributed by atoms with Gasteiger partial charge in [-0.05, 0) is 24.6 Å². The molecule has 4 nitrogen and oxygen atoms in total. The van der Waals surface area contributed by atoms with E-state index in [4.69, 9.17) is 0 Å². The van der Waals surface area contributed by atoms with Crippen LogP contribution in [0.3, 0.4) is 0 Å². The number of dihydropyridines is 1. The van der Waals surface area contributed by atoms with Gasteiger partial charge >= 0.3 is 0 Å². The standard InChI is InChI=1S/C16H16N2O2/c1-15-8-4-10-18-16(15,11-15)14(20)7-6-13(19)12-5-2-3-9-17-12/h2-5,8-10H,6-7,11H2,1H3. The lowest BCUT2D eigenvalue weighted by atomic mass is 9.93. The zero-order valence-electron chi connectivity index (χ0n) is 11.4. The van der Waals surface area contributed by atoms with Gasteiger partial charge in [0, 0.05) is 30.7 Å². The van der Waals surface area contributed by atoms with E-state index in [0.29, 0.717) is 5.69 Å². The summed E-state index contributed by atoms with van der Waals surface area (Å²) in [6, 6.07) is 5.21. The molecule has 1 aliphatic carbocycles.